The minimum absolute atomic E-state index is 0.0177. The smallest absolute Gasteiger partial charge is 0.206 e. The molecule has 0 saturated heterocycles. The number of aromatic nitrogens is 2. The van der Waals surface area contributed by atoms with Gasteiger partial charge in [-0.1, -0.05) is 63.4 Å². The van der Waals surface area contributed by atoms with Gasteiger partial charge in [0.25, 0.3) is 0 Å². The van der Waals surface area contributed by atoms with Crippen molar-refractivity contribution in [3.8, 4) is 0 Å². The topological polar surface area (TPSA) is 42.9 Å². The van der Waals surface area contributed by atoms with Crippen LogP contribution in [0.2, 0.25) is 0 Å². The predicted octanol–water partition coefficient (Wildman–Crippen LogP) is 4.19. The van der Waals surface area contributed by atoms with Gasteiger partial charge in [0.1, 0.15) is 4.88 Å². The van der Waals surface area contributed by atoms with Crippen molar-refractivity contribution < 1.29 is 4.79 Å². The number of nitrogens with zero attached hydrogens (tertiary/aromatic N) is 2. The van der Waals surface area contributed by atoms with Crippen LogP contribution in [0.5, 0.6) is 0 Å². The summed E-state index contributed by atoms with van der Waals surface area (Å²) in [5.74, 6) is 0.228. The highest BCUT2D eigenvalue weighted by Crippen LogP contribution is 2.25. The lowest BCUT2D eigenvalue weighted by atomic mass is 9.86. The van der Waals surface area contributed by atoms with Crippen LogP contribution >= 0.6 is 11.5 Å². The Kier molecular flexibility index (Phi) is 4.04. The van der Waals surface area contributed by atoms with Gasteiger partial charge in [-0.15, -0.1) is 5.10 Å². The molecule has 2 rings (SSSR count). The average Bonchev–Trinajstić information content (AvgIpc) is 2.86. The van der Waals surface area contributed by atoms with Gasteiger partial charge in [0.05, 0.1) is 5.69 Å². The fraction of sp³-hybridized carbons (Fsp3) is 0.438. The molecule has 0 aliphatic rings. The molecular formula is C16H20N2OS. The fourth-order valence-corrected chi connectivity index (χ4v) is 2.77. The number of benzene rings is 1. The first kappa shape index (κ1) is 14.9. The van der Waals surface area contributed by atoms with Crippen molar-refractivity contribution in [3.05, 3.63) is 46.0 Å². The van der Waals surface area contributed by atoms with Gasteiger partial charge in [-0.25, -0.2) is 0 Å². The van der Waals surface area contributed by atoms with Crippen molar-refractivity contribution in [1.29, 1.82) is 0 Å². The SMILES string of the molecule is CC(C)c1nnsc1C(=O)c1ccc(C(C)(C)C)cc1. The van der Waals surface area contributed by atoms with E-state index in [2.05, 4.69) is 30.4 Å². The van der Waals surface area contributed by atoms with Crippen LogP contribution in [0.1, 0.15) is 67.0 Å². The number of carbonyl (C=O) groups excluding carboxylic acids is 1. The van der Waals surface area contributed by atoms with Gasteiger partial charge >= 0.3 is 0 Å². The molecule has 0 saturated carbocycles. The van der Waals surface area contributed by atoms with Crippen molar-refractivity contribution in [2.45, 2.75) is 46.0 Å². The average molecular weight is 288 g/mol. The Bertz CT molecular complexity index is 606. The molecule has 0 amide bonds. The molecule has 0 fully saturated rings. The molecule has 1 heterocycles. The second-order valence-corrected chi connectivity index (χ2v) is 7.05. The Balaban J connectivity index is 2.32. The molecular weight excluding hydrogens is 268 g/mol. The Labute approximate surface area is 124 Å². The van der Waals surface area contributed by atoms with Crippen LogP contribution in [0.4, 0.5) is 0 Å². The summed E-state index contributed by atoms with van der Waals surface area (Å²) < 4.78 is 3.92. The lowest BCUT2D eigenvalue weighted by molar-refractivity contribution is 0.104. The zero-order chi connectivity index (χ0) is 14.9. The van der Waals surface area contributed by atoms with E-state index >= 15 is 0 Å². The molecule has 3 nitrogen and oxygen atoms in total. The van der Waals surface area contributed by atoms with Gasteiger partial charge in [-0.3, -0.25) is 4.79 Å². The minimum Gasteiger partial charge on any atom is -0.288 e. The molecule has 2 aromatic rings. The van der Waals surface area contributed by atoms with E-state index in [0.717, 1.165) is 5.69 Å². The summed E-state index contributed by atoms with van der Waals surface area (Å²) in [5, 5.41) is 4.07. The van der Waals surface area contributed by atoms with Gasteiger partial charge in [-0.2, -0.15) is 0 Å². The predicted molar refractivity (Wildman–Crippen MR) is 82.6 cm³/mol. The van der Waals surface area contributed by atoms with E-state index < -0.39 is 0 Å². The summed E-state index contributed by atoms with van der Waals surface area (Å²) in [7, 11) is 0. The maximum Gasteiger partial charge on any atom is 0.206 e. The number of hydrogen-bond donors (Lipinski definition) is 0. The van der Waals surface area contributed by atoms with Crippen LogP contribution < -0.4 is 0 Å². The maximum absolute atomic E-state index is 12.5. The van der Waals surface area contributed by atoms with E-state index in [1.807, 2.05) is 38.1 Å². The fourth-order valence-electron chi connectivity index (χ4n) is 1.99. The van der Waals surface area contributed by atoms with Crippen molar-refractivity contribution in [2.75, 3.05) is 0 Å². The summed E-state index contributed by atoms with van der Waals surface area (Å²) in [6.45, 7) is 10.5. The van der Waals surface area contributed by atoms with Gasteiger partial charge in [-0.05, 0) is 28.4 Å². The third kappa shape index (κ3) is 2.96. The third-order valence-corrected chi connectivity index (χ3v) is 4.02. The van der Waals surface area contributed by atoms with E-state index in [1.54, 1.807) is 0 Å². The van der Waals surface area contributed by atoms with E-state index in [0.29, 0.717) is 10.4 Å². The van der Waals surface area contributed by atoms with Crippen molar-refractivity contribution >= 4 is 17.3 Å². The first-order valence-electron chi connectivity index (χ1n) is 6.78. The van der Waals surface area contributed by atoms with Crippen LogP contribution in [0.25, 0.3) is 0 Å². The Morgan fingerprint density at radius 2 is 1.75 bits per heavy atom. The Morgan fingerprint density at radius 1 is 1.15 bits per heavy atom. The van der Waals surface area contributed by atoms with E-state index in [1.165, 1.54) is 17.1 Å². The molecule has 20 heavy (non-hydrogen) atoms. The monoisotopic (exact) mass is 288 g/mol. The molecule has 0 atom stereocenters. The van der Waals surface area contributed by atoms with Crippen molar-refractivity contribution in [1.82, 2.24) is 9.59 Å². The first-order valence-corrected chi connectivity index (χ1v) is 7.55. The van der Waals surface area contributed by atoms with Gasteiger partial charge in [0, 0.05) is 5.56 Å². The molecule has 0 N–H and O–H groups in total. The molecule has 0 radical (unpaired) electrons. The van der Waals surface area contributed by atoms with Crippen LogP contribution in [-0.4, -0.2) is 15.4 Å². The minimum atomic E-state index is 0.0177. The lowest BCUT2D eigenvalue weighted by Gasteiger charge is -2.18. The largest absolute Gasteiger partial charge is 0.288 e. The highest BCUT2D eigenvalue weighted by atomic mass is 32.1. The highest BCUT2D eigenvalue weighted by Gasteiger charge is 2.21. The molecule has 0 unspecified atom stereocenters. The molecule has 4 heteroatoms. The zero-order valence-corrected chi connectivity index (χ0v) is 13.4. The first-order chi connectivity index (χ1) is 9.30. The molecule has 0 spiro atoms. The zero-order valence-electron chi connectivity index (χ0n) is 12.6. The second-order valence-electron chi connectivity index (χ2n) is 6.30. The normalized spacial score (nSPS) is 11.9. The van der Waals surface area contributed by atoms with Crippen molar-refractivity contribution in [3.63, 3.8) is 0 Å². The van der Waals surface area contributed by atoms with E-state index in [9.17, 15) is 4.79 Å². The number of hydrogen-bond acceptors (Lipinski definition) is 4. The molecule has 0 aliphatic carbocycles. The standard InChI is InChI=1S/C16H20N2OS/c1-10(2)13-15(20-18-17-13)14(19)11-6-8-12(9-7-11)16(3,4)5/h6-10H,1-5H3. The molecule has 1 aromatic heterocycles. The van der Waals surface area contributed by atoms with Crippen LogP contribution in [0.3, 0.4) is 0 Å². The Hall–Kier alpha value is -1.55. The molecule has 0 aliphatic heterocycles. The third-order valence-electron chi connectivity index (χ3n) is 3.28. The Morgan fingerprint density at radius 3 is 2.25 bits per heavy atom. The summed E-state index contributed by atoms with van der Waals surface area (Å²) in [4.78, 5) is 13.2. The quantitative estimate of drug-likeness (QED) is 0.795. The van der Waals surface area contributed by atoms with Crippen LogP contribution in [0, 0.1) is 0 Å². The lowest BCUT2D eigenvalue weighted by Crippen LogP contribution is -2.11. The molecule has 0 bridgehead atoms. The molecule has 1 aromatic carbocycles. The summed E-state index contributed by atoms with van der Waals surface area (Å²) in [6, 6.07) is 7.84. The van der Waals surface area contributed by atoms with Crippen LogP contribution in [0.15, 0.2) is 24.3 Å². The summed E-state index contributed by atoms with van der Waals surface area (Å²) in [6.07, 6.45) is 0. The summed E-state index contributed by atoms with van der Waals surface area (Å²) in [5.41, 5.74) is 2.81. The van der Waals surface area contributed by atoms with Gasteiger partial charge in [0.2, 0.25) is 5.78 Å². The number of ketones is 1. The van der Waals surface area contributed by atoms with E-state index in [4.69, 9.17) is 0 Å². The summed E-state index contributed by atoms with van der Waals surface area (Å²) >= 11 is 1.18. The van der Waals surface area contributed by atoms with Crippen LogP contribution in [-0.2, 0) is 5.41 Å². The van der Waals surface area contributed by atoms with Gasteiger partial charge in [0.15, 0.2) is 0 Å². The second kappa shape index (κ2) is 5.44. The molecule has 106 valence electrons. The number of carbonyl (C=O) groups is 1. The highest BCUT2D eigenvalue weighted by molar-refractivity contribution is 7.08. The van der Waals surface area contributed by atoms with Gasteiger partial charge < -0.3 is 0 Å². The van der Waals surface area contributed by atoms with Crippen molar-refractivity contribution in [2.24, 2.45) is 0 Å². The number of rotatable bonds is 3. The van der Waals surface area contributed by atoms with E-state index in [-0.39, 0.29) is 17.1 Å². The maximum atomic E-state index is 12.5.